The largest absolute Gasteiger partial charge is 0.381 e. The van der Waals surface area contributed by atoms with Crippen molar-refractivity contribution in [3.05, 3.63) is 108 Å². The summed E-state index contributed by atoms with van der Waals surface area (Å²) in [4.78, 5) is 5.49. The summed E-state index contributed by atoms with van der Waals surface area (Å²) in [5.74, 6) is 1.05. The Morgan fingerprint density at radius 1 is 0.818 bits per heavy atom. The third-order valence-electron chi connectivity index (χ3n) is 8.44. The second-order valence-electron chi connectivity index (χ2n) is 10.7. The molecule has 0 aromatic heterocycles. The van der Waals surface area contributed by atoms with Crippen molar-refractivity contribution in [2.45, 2.75) is 37.9 Å². The van der Waals surface area contributed by atoms with Gasteiger partial charge in [-0.25, -0.2) is 0 Å². The van der Waals surface area contributed by atoms with Gasteiger partial charge in [0.15, 0.2) is 0 Å². The summed E-state index contributed by atoms with van der Waals surface area (Å²) in [7, 11) is 0. The van der Waals surface area contributed by atoms with E-state index in [1.54, 1.807) is 0 Å². The Morgan fingerprint density at radius 3 is 2.09 bits per heavy atom. The fraction of sp³-hybridized carbons (Fsp3) is 0.400. The van der Waals surface area contributed by atoms with Crippen LogP contribution in [0.2, 0.25) is 0 Å². The zero-order valence-corrected chi connectivity index (χ0v) is 19.6. The Labute approximate surface area is 198 Å². The smallest absolute Gasteiger partial charge is 0.0524 e. The molecule has 1 spiro atoms. The summed E-state index contributed by atoms with van der Waals surface area (Å²) in [6, 6.07) is 33.3. The Bertz CT molecular complexity index is 1070. The van der Waals surface area contributed by atoms with Crippen LogP contribution >= 0.6 is 0 Å². The lowest BCUT2D eigenvalue weighted by atomic mass is 9.76. The number of hydrogen-bond donors (Lipinski definition) is 0. The SMILES string of the molecule is C[C@@]12COC[C@H]1[C@H](c1ccccc1)[C@@]1(CN(Cc3ccccc3)CN1Cc1ccccc1)C2. The summed E-state index contributed by atoms with van der Waals surface area (Å²) in [5.41, 5.74) is 4.64. The van der Waals surface area contributed by atoms with E-state index in [1.807, 2.05) is 0 Å². The highest BCUT2D eigenvalue weighted by molar-refractivity contribution is 5.33. The topological polar surface area (TPSA) is 15.7 Å². The van der Waals surface area contributed by atoms with Gasteiger partial charge in [-0.3, -0.25) is 9.80 Å². The van der Waals surface area contributed by atoms with Gasteiger partial charge in [-0.15, -0.1) is 0 Å². The molecule has 4 atom stereocenters. The van der Waals surface area contributed by atoms with E-state index in [-0.39, 0.29) is 11.0 Å². The van der Waals surface area contributed by atoms with E-state index in [4.69, 9.17) is 4.74 Å². The summed E-state index contributed by atoms with van der Waals surface area (Å²) in [5, 5.41) is 0. The molecule has 3 nitrogen and oxygen atoms in total. The van der Waals surface area contributed by atoms with Crippen LogP contribution in [-0.4, -0.2) is 41.8 Å². The van der Waals surface area contributed by atoms with Crippen molar-refractivity contribution >= 4 is 0 Å². The van der Waals surface area contributed by atoms with Crippen LogP contribution in [0.25, 0.3) is 0 Å². The molecule has 0 radical (unpaired) electrons. The molecule has 3 aromatic rings. The molecular formula is C30H34N2O. The summed E-state index contributed by atoms with van der Waals surface area (Å²) in [6.45, 7) is 8.38. The molecule has 170 valence electrons. The molecule has 0 bridgehead atoms. The predicted molar refractivity (Wildman–Crippen MR) is 133 cm³/mol. The zero-order chi connectivity index (χ0) is 22.3. The molecule has 3 fully saturated rings. The molecule has 0 N–H and O–H groups in total. The predicted octanol–water partition coefficient (Wildman–Crippen LogP) is 5.54. The van der Waals surface area contributed by atoms with Crippen molar-refractivity contribution in [3.63, 3.8) is 0 Å². The third kappa shape index (κ3) is 3.73. The first-order chi connectivity index (χ1) is 16.2. The summed E-state index contributed by atoms with van der Waals surface area (Å²) >= 11 is 0. The molecular weight excluding hydrogens is 404 g/mol. The molecule has 3 aromatic carbocycles. The Kier molecular flexibility index (Phi) is 5.37. The lowest BCUT2D eigenvalue weighted by molar-refractivity contribution is 0.0765. The van der Waals surface area contributed by atoms with Crippen molar-refractivity contribution in [3.8, 4) is 0 Å². The van der Waals surface area contributed by atoms with Crippen LogP contribution in [0.15, 0.2) is 91.0 Å². The fourth-order valence-electron chi connectivity index (χ4n) is 7.14. The van der Waals surface area contributed by atoms with Crippen molar-refractivity contribution in [2.75, 3.05) is 26.4 Å². The van der Waals surface area contributed by atoms with Crippen molar-refractivity contribution in [1.29, 1.82) is 0 Å². The van der Waals surface area contributed by atoms with Gasteiger partial charge in [0, 0.05) is 31.1 Å². The fourth-order valence-corrected chi connectivity index (χ4v) is 7.14. The maximum atomic E-state index is 6.11. The van der Waals surface area contributed by atoms with E-state index in [0.717, 1.165) is 39.5 Å². The van der Waals surface area contributed by atoms with Crippen LogP contribution in [0.4, 0.5) is 0 Å². The highest BCUT2D eigenvalue weighted by Crippen LogP contribution is 2.62. The summed E-state index contributed by atoms with van der Waals surface area (Å²) < 4.78 is 6.11. The summed E-state index contributed by atoms with van der Waals surface area (Å²) in [6.07, 6.45) is 1.20. The minimum Gasteiger partial charge on any atom is -0.381 e. The van der Waals surface area contributed by atoms with Crippen LogP contribution in [0.3, 0.4) is 0 Å². The Morgan fingerprint density at radius 2 is 1.42 bits per heavy atom. The molecule has 3 aliphatic rings. The van der Waals surface area contributed by atoms with Crippen LogP contribution in [0.5, 0.6) is 0 Å². The first-order valence-electron chi connectivity index (χ1n) is 12.3. The van der Waals surface area contributed by atoms with Crippen LogP contribution < -0.4 is 0 Å². The van der Waals surface area contributed by atoms with Gasteiger partial charge in [0.05, 0.1) is 19.9 Å². The van der Waals surface area contributed by atoms with Gasteiger partial charge in [0.1, 0.15) is 0 Å². The van der Waals surface area contributed by atoms with Gasteiger partial charge in [0.2, 0.25) is 0 Å². The quantitative estimate of drug-likeness (QED) is 0.520. The van der Waals surface area contributed by atoms with E-state index in [0.29, 0.717) is 11.8 Å². The number of nitrogens with zero attached hydrogens (tertiary/aromatic N) is 2. The van der Waals surface area contributed by atoms with E-state index in [9.17, 15) is 0 Å². The number of ether oxygens (including phenoxy) is 1. The first kappa shape index (κ1) is 21.1. The first-order valence-corrected chi connectivity index (χ1v) is 12.3. The standard InChI is InChI=1S/C30H34N2O/c1-29-20-30(28(27(29)19-33-22-29)26-15-9-4-10-16-26)21-31(17-24-11-5-2-6-12-24)23-32(30)18-25-13-7-3-8-14-25/h2-16,27-28H,17-23H2,1H3/t27-,28-,29+,30-/m0/s1. The maximum absolute atomic E-state index is 6.11. The normalized spacial score (nSPS) is 31.9. The van der Waals surface area contributed by atoms with Crippen molar-refractivity contribution in [2.24, 2.45) is 11.3 Å². The van der Waals surface area contributed by atoms with Crippen LogP contribution in [-0.2, 0) is 17.8 Å². The Hall–Kier alpha value is -2.46. The molecule has 0 amide bonds. The second kappa shape index (κ2) is 8.39. The van der Waals surface area contributed by atoms with E-state index in [2.05, 4.69) is 108 Å². The van der Waals surface area contributed by atoms with Gasteiger partial charge in [-0.05, 0) is 34.4 Å². The van der Waals surface area contributed by atoms with Gasteiger partial charge in [0.25, 0.3) is 0 Å². The molecule has 2 aliphatic heterocycles. The van der Waals surface area contributed by atoms with Crippen molar-refractivity contribution < 1.29 is 4.74 Å². The molecule has 1 saturated carbocycles. The van der Waals surface area contributed by atoms with Gasteiger partial charge in [-0.2, -0.15) is 0 Å². The highest BCUT2D eigenvalue weighted by atomic mass is 16.5. The second-order valence-corrected chi connectivity index (χ2v) is 10.7. The van der Waals surface area contributed by atoms with Crippen molar-refractivity contribution in [1.82, 2.24) is 9.80 Å². The van der Waals surface area contributed by atoms with E-state index >= 15 is 0 Å². The molecule has 0 unspecified atom stereocenters. The lowest BCUT2D eigenvalue weighted by Crippen LogP contribution is -2.49. The van der Waals surface area contributed by atoms with Gasteiger partial charge < -0.3 is 4.74 Å². The average molecular weight is 439 g/mol. The molecule has 2 saturated heterocycles. The highest BCUT2D eigenvalue weighted by Gasteiger charge is 2.65. The lowest BCUT2D eigenvalue weighted by Gasteiger charge is -2.41. The number of benzene rings is 3. The zero-order valence-electron chi connectivity index (χ0n) is 19.6. The Balaban J connectivity index is 1.41. The van der Waals surface area contributed by atoms with E-state index in [1.165, 1.54) is 23.1 Å². The monoisotopic (exact) mass is 438 g/mol. The molecule has 1 aliphatic carbocycles. The third-order valence-corrected chi connectivity index (χ3v) is 8.44. The van der Waals surface area contributed by atoms with Crippen LogP contribution in [0.1, 0.15) is 36.0 Å². The molecule has 2 heterocycles. The maximum Gasteiger partial charge on any atom is 0.0524 e. The van der Waals surface area contributed by atoms with Crippen LogP contribution in [0, 0.1) is 11.3 Å². The van der Waals surface area contributed by atoms with Gasteiger partial charge >= 0.3 is 0 Å². The van der Waals surface area contributed by atoms with Gasteiger partial charge in [-0.1, -0.05) is 97.9 Å². The van der Waals surface area contributed by atoms with E-state index < -0.39 is 0 Å². The molecule has 6 rings (SSSR count). The molecule has 3 heteroatoms. The number of fused-ring (bicyclic) bond motifs is 1. The average Bonchev–Trinajstić information content (AvgIpc) is 3.44. The number of rotatable bonds is 5. The minimum absolute atomic E-state index is 0.120. The number of hydrogen-bond acceptors (Lipinski definition) is 3. The minimum atomic E-state index is 0.120. The molecule has 33 heavy (non-hydrogen) atoms.